The minimum absolute atomic E-state index is 0.248. The van der Waals surface area contributed by atoms with E-state index in [2.05, 4.69) is 5.32 Å². The second-order valence-electron chi connectivity index (χ2n) is 4.49. The Morgan fingerprint density at radius 3 is 2.62 bits per heavy atom. The van der Waals surface area contributed by atoms with E-state index in [9.17, 15) is 9.90 Å². The van der Waals surface area contributed by atoms with Crippen molar-refractivity contribution in [3.8, 4) is 5.75 Å². The molecule has 2 aromatic rings. The first-order valence-electron chi connectivity index (χ1n) is 6.52. The maximum Gasteiger partial charge on any atom is 0.265 e. The first-order valence-corrected chi connectivity index (χ1v) is 6.90. The number of anilines is 1. The Hall–Kier alpha value is -2.04. The molecule has 4 nitrogen and oxygen atoms in total. The molecule has 0 aromatic heterocycles. The molecular formula is C16H16ClNO3. The minimum Gasteiger partial charge on any atom is -0.480 e. The van der Waals surface area contributed by atoms with Crippen LogP contribution in [-0.4, -0.2) is 17.1 Å². The third kappa shape index (κ3) is 3.97. The Balaban J connectivity index is 2.06. The molecule has 0 aliphatic heterocycles. The van der Waals surface area contributed by atoms with Crippen molar-refractivity contribution in [1.29, 1.82) is 0 Å². The normalized spacial score (nSPS) is 11.8. The highest BCUT2D eigenvalue weighted by molar-refractivity contribution is 6.31. The van der Waals surface area contributed by atoms with Crippen LogP contribution in [0.15, 0.2) is 48.5 Å². The van der Waals surface area contributed by atoms with E-state index < -0.39 is 6.10 Å². The van der Waals surface area contributed by atoms with E-state index in [0.29, 0.717) is 22.0 Å². The molecule has 0 aliphatic carbocycles. The van der Waals surface area contributed by atoms with Gasteiger partial charge < -0.3 is 15.2 Å². The highest BCUT2D eigenvalue weighted by Gasteiger charge is 2.17. The lowest BCUT2D eigenvalue weighted by Gasteiger charge is -2.17. The number of para-hydroxylation sites is 1. The van der Waals surface area contributed by atoms with Gasteiger partial charge in [0.1, 0.15) is 5.75 Å². The van der Waals surface area contributed by atoms with Crippen LogP contribution in [-0.2, 0) is 11.4 Å². The second-order valence-corrected chi connectivity index (χ2v) is 4.90. The molecule has 1 amide bonds. The van der Waals surface area contributed by atoms with Gasteiger partial charge in [-0.2, -0.15) is 0 Å². The highest BCUT2D eigenvalue weighted by Crippen LogP contribution is 2.27. The van der Waals surface area contributed by atoms with Crippen LogP contribution >= 0.6 is 11.6 Å². The van der Waals surface area contributed by atoms with Crippen molar-refractivity contribution < 1.29 is 14.6 Å². The summed E-state index contributed by atoms with van der Waals surface area (Å²) in [6.07, 6.45) is -0.714. The molecule has 0 heterocycles. The van der Waals surface area contributed by atoms with Gasteiger partial charge in [-0.05, 0) is 31.2 Å². The standard InChI is InChI=1S/C16H16ClNO3/c1-11(16(20)18-12-6-3-2-4-7-12)21-15-9-5-8-14(17)13(15)10-19/h2-9,11,19H,10H2,1H3,(H,18,20). The Labute approximate surface area is 128 Å². The van der Waals surface area contributed by atoms with Gasteiger partial charge in [-0.15, -0.1) is 0 Å². The quantitative estimate of drug-likeness (QED) is 0.891. The van der Waals surface area contributed by atoms with Crippen molar-refractivity contribution in [1.82, 2.24) is 0 Å². The van der Waals surface area contributed by atoms with Crippen LogP contribution < -0.4 is 10.1 Å². The number of aliphatic hydroxyl groups is 1. The number of halogens is 1. The smallest absolute Gasteiger partial charge is 0.265 e. The zero-order chi connectivity index (χ0) is 15.2. The lowest BCUT2D eigenvalue weighted by molar-refractivity contribution is -0.122. The van der Waals surface area contributed by atoms with Gasteiger partial charge >= 0.3 is 0 Å². The van der Waals surface area contributed by atoms with Crippen molar-refractivity contribution in [3.63, 3.8) is 0 Å². The minimum atomic E-state index is -0.714. The van der Waals surface area contributed by atoms with Crippen molar-refractivity contribution >= 4 is 23.2 Å². The molecule has 5 heteroatoms. The van der Waals surface area contributed by atoms with Crippen LogP contribution in [0.3, 0.4) is 0 Å². The fourth-order valence-corrected chi connectivity index (χ4v) is 2.04. The molecule has 2 N–H and O–H groups in total. The monoisotopic (exact) mass is 305 g/mol. The van der Waals surface area contributed by atoms with E-state index in [0.717, 1.165) is 0 Å². The average molecular weight is 306 g/mol. The topological polar surface area (TPSA) is 58.6 Å². The number of nitrogens with one attached hydrogen (secondary N) is 1. The molecule has 2 aromatic carbocycles. The summed E-state index contributed by atoms with van der Waals surface area (Å²) in [5, 5.41) is 12.5. The van der Waals surface area contributed by atoms with E-state index in [1.54, 1.807) is 37.3 Å². The maximum atomic E-state index is 12.1. The third-order valence-corrected chi connectivity index (χ3v) is 3.30. The van der Waals surface area contributed by atoms with Crippen LogP contribution in [0, 0.1) is 0 Å². The number of aliphatic hydroxyl groups excluding tert-OH is 1. The molecule has 0 bridgehead atoms. The zero-order valence-corrected chi connectivity index (χ0v) is 12.3. The summed E-state index contributed by atoms with van der Waals surface area (Å²) >= 11 is 5.98. The SMILES string of the molecule is CC(Oc1cccc(Cl)c1CO)C(=O)Nc1ccccc1. The Morgan fingerprint density at radius 2 is 1.95 bits per heavy atom. The maximum absolute atomic E-state index is 12.1. The first kappa shape index (κ1) is 15.4. The van der Waals surface area contributed by atoms with Gasteiger partial charge in [0.2, 0.25) is 0 Å². The molecule has 1 atom stereocenters. The Bertz CT molecular complexity index is 616. The van der Waals surface area contributed by atoms with Crippen molar-refractivity contribution in [3.05, 3.63) is 59.1 Å². The number of hydrogen-bond acceptors (Lipinski definition) is 3. The van der Waals surface area contributed by atoms with Crippen molar-refractivity contribution in [2.24, 2.45) is 0 Å². The molecule has 110 valence electrons. The van der Waals surface area contributed by atoms with Crippen LogP contribution in [0.2, 0.25) is 5.02 Å². The van der Waals surface area contributed by atoms with Crippen LogP contribution in [0.5, 0.6) is 5.75 Å². The number of ether oxygens (including phenoxy) is 1. The van der Waals surface area contributed by atoms with E-state index in [4.69, 9.17) is 16.3 Å². The van der Waals surface area contributed by atoms with E-state index in [1.807, 2.05) is 18.2 Å². The first-order chi connectivity index (χ1) is 10.1. The molecule has 0 fully saturated rings. The summed E-state index contributed by atoms with van der Waals surface area (Å²) in [4.78, 5) is 12.1. The van der Waals surface area contributed by atoms with Crippen LogP contribution in [0.4, 0.5) is 5.69 Å². The molecule has 0 spiro atoms. The van der Waals surface area contributed by atoms with Crippen LogP contribution in [0.1, 0.15) is 12.5 Å². The zero-order valence-electron chi connectivity index (χ0n) is 11.5. The highest BCUT2D eigenvalue weighted by atomic mass is 35.5. The van der Waals surface area contributed by atoms with Crippen LogP contribution in [0.25, 0.3) is 0 Å². The summed E-state index contributed by atoms with van der Waals surface area (Å²) in [6, 6.07) is 14.2. The van der Waals surface area contributed by atoms with Gasteiger partial charge in [0, 0.05) is 16.3 Å². The van der Waals surface area contributed by atoms with Crippen molar-refractivity contribution in [2.75, 3.05) is 5.32 Å². The number of carbonyl (C=O) groups excluding carboxylic acids is 1. The summed E-state index contributed by atoms with van der Waals surface area (Å²) in [5.41, 5.74) is 1.17. The predicted octanol–water partition coefficient (Wildman–Crippen LogP) is 3.24. The van der Waals surface area contributed by atoms with Gasteiger partial charge in [-0.1, -0.05) is 35.9 Å². The molecule has 2 rings (SSSR count). The summed E-state index contributed by atoms with van der Waals surface area (Å²) in [7, 11) is 0. The molecule has 1 unspecified atom stereocenters. The van der Waals surface area contributed by atoms with Gasteiger partial charge in [0.25, 0.3) is 5.91 Å². The molecule has 21 heavy (non-hydrogen) atoms. The lowest BCUT2D eigenvalue weighted by Crippen LogP contribution is -2.30. The predicted molar refractivity (Wildman–Crippen MR) is 82.5 cm³/mol. The number of rotatable bonds is 5. The Morgan fingerprint density at radius 1 is 1.24 bits per heavy atom. The van der Waals surface area contributed by atoms with Gasteiger partial charge in [-0.3, -0.25) is 4.79 Å². The Kier molecular flexibility index (Phi) is 5.20. The van der Waals surface area contributed by atoms with E-state index in [1.165, 1.54) is 0 Å². The number of carbonyl (C=O) groups is 1. The van der Waals surface area contributed by atoms with Gasteiger partial charge in [0.05, 0.1) is 6.61 Å². The van der Waals surface area contributed by atoms with E-state index in [-0.39, 0.29) is 12.5 Å². The number of benzene rings is 2. The van der Waals surface area contributed by atoms with Gasteiger partial charge in [-0.25, -0.2) is 0 Å². The summed E-state index contributed by atoms with van der Waals surface area (Å²) < 4.78 is 5.59. The van der Waals surface area contributed by atoms with Crippen molar-refractivity contribution in [2.45, 2.75) is 19.6 Å². The average Bonchev–Trinajstić information content (AvgIpc) is 2.48. The third-order valence-electron chi connectivity index (χ3n) is 2.95. The fraction of sp³-hybridized carbons (Fsp3) is 0.188. The molecule has 0 saturated carbocycles. The lowest BCUT2D eigenvalue weighted by atomic mass is 10.2. The molecule has 0 radical (unpaired) electrons. The number of amides is 1. The van der Waals surface area contributed by atoms with Gasteiger partial charge in [0.15, 0.2) is 6.10 Å². The molecule has 0 aliphatic rings. The largest absolute Gasteiger partial charge is 0.480 e. The van der Waals surface area contributed by atoms with E-state index >= 15 is 0 Å². The molecular weight excluding hydrogens is 290 g/mol. The number of hydrogen-bond donors (Lipinski definition) is 2. The fourth-order valence-electron chi connectivity index (χ4n) is 1.81. The molecule has 0 saturated heterocycles. The summed E-state index contributed by atoms with van der Waals surface area (Å²) in [5.74, 6) is 0.130. The summed E-state index contributed by atoms with van der Waals surface area (Å²) in [6.45, 7) is 1.39. The second kappa shape index (κ2) is 7.11.